The molecule has 2 unspecified atom stereocenters. The number of nitrogens with zero attached hydrogens (tertiary/aromatic N) is 2. The number of hydrogen-bond acceptors (Lipinski definition) is 2. The fraction of sp³-hybridized carbons (Fsp3) is 0.500. The van der Waals surface area contributed by atoms with Gasteiger partial charge in [-0.05, 0) is 30.4 Å². The Morgan fingerprint density at radius 1 is 1.19 bits per heavy atom. The van der Waals surface area contributed by atoms with E-state index in [-0.39, 0.29) is 6.03 Å². The zero-order valence-corrected chi connectivity index (χ0v) is 12.2. The number of carboxylic acids is 1. The number of carbonyl (C=O) groups is 2. The minimum Gasteiger partial charge on any atom is -0.481 e. The molecule has 21 heavy (non-hydrogen) atoms. The molecule has 0 saturated carbocycles. The highest BCUT2D eigenvalue weighted by Crippen LogP contribution is 2.36. The van der Waals surface area contributed by atoms with Gasteiger partial charge in [0.1, 0.15) is 0 Å². The van der Waals surface area contributed by atoms with Crippen molar-refractivity contribution < 1.29 is 14.7 Å². The zero-order chi connectivity index (χ0) is 15.0. The molecule has 1 saturated heterocycles. The van der Waals surface area contributed by atoms with Crippen molar-refractivity contribution in [2.45, 2.75) is 25.7 Å². The van der Waals surface area contributed by atoms with E-state index in [1.54, 1.807) is 4.90 Å². The molecular formula is C16H20N2O3. The first-order valence-corrected chi connectivity index (χ1v) is 7.46. The number of carbonyl (C=O) groups excluding carboxylic acids is 1. The van der Waals surface area contributed by atoms with Gasteiger partial charge < -0.3 is 10.0 Å². The smallest absolute Gasteiger partial charge is 0.324 e. The maximum absolute atomic E-state index is 12.7. The van der Waals surface area contributed by atoms with Gasteiger partial charge in [0, 0.05) is 25.3 Å². The van der Waals surface area contributed by atoms with Gasteiger partial charge in [0.15, 0.2) is 0 Å². The molecule has 5 nitrogen and oxygen atoms in total. The number of carboxylic acid groups (broad SMARTS) is 1. The van der Waals surface area contributed by atoms with E-state index in [1.807, 2.05) is 29.2 Å². The van der Waals surface area contributed by atoms with Gasteiger partial charge in [-0.1, -0.05) is 25.1 Å². The van der Waals surface area contributed by atoms with Crippen molar-refractivity contribution in [3.8, 4) is 0 Å². The van der Waals surface area contributed by atoms with Crippen LogP contribution in [0.4, 0.5) is 10.5 Å². The molecule has 112 valence electrons. The summed E-state index contributed by atoms with van der Waals surface area (Å²) in [5, 5.41) is 9.34. The highest BCUT2D eigenvalue weighted by Gasteiger charge is 2.35. The van der Waals surface area contributed by atoms with Crippen LogP contribution in [0.2, 0.25) is 0 Å². The Hall–Kier alpha value is -2.04. The van der Waals surface area contributed by atoms with Crippen LogP contribution in [0.25, 0.3) is 0 Å². The van der Waals surface area contributed by atoms with Crippen LogP contribution in [0, 0.1) is 5.92 Å². The number of rotatable bonds is 1. The van der Waals surface area contributed by atoms with E-state index >= 15 is 0 Å². The monoisotopic (exact) mass is 288 g/mol. The van der Waals surface area contributed by atoms with Crippen molar-refractivity contribution in [2.75, 3.05) is 24.5 Å². The zero-order valence-electron chi connectivity index (χ0n) is 12.2. The van der Waals surface area contributed by atoms with Crippen LogP contribution in [0.15, 0.2) is 24.3 Å². The lowest BCUT2D eigenvalue weighted by Crippen LogP contribution is -2.45. The van der Waals surface area contributed by atoms with E-state index < -0.39 is 11.9 Å². The van der Waals surface area contributed by atoms with Gasteiger partial charge in [-0.3, -0.25) is 9.69 Å². The number of urea groups is 1. The van der Waals surface area contributed by atoms with Crippen LogP contribution in [-0.4, -0.2) is 41.6 Å². The molecule has 2 amide bonds. The number of aliphatic carboxylic acids is 1. The maximum Gasteiger partial charge on any atom is 0.324 e. The average Bonchev–Trinajstić information content (AvgIpc) is 2.91. The SMILES string of the molecule is CC1CCN(C(=O)N2CCC(C(=O)O)c3ccccc32)C1. The van der Waals surface area contributed by atoms with Crippen LogP contribution in [0.3, 0.4) is 0 Å². The van der Waals surface area contributed by atoms with E-state index in [0.717, 1.165) is 30.8 Å². The summed E-state index contributed by atoms with van der Waals surface area (Å²) in [6.45, 7) is 4.20. The number of para-hydroxylation sites is 1. The fourth-order valence-corrected chi connectivity index (χ4v) is 3.30. The number of benzene rings is 1. The largest absolute Gasteiger partial charge is 0.481 e. The third-order valence-corrected chi connectivity index (χ3v) is 4.47. The van der Waals surface area contributed by atoms with Crippen molar-refractivity contribution >= 4 is 17.7 Å². The Balaban J connectivity index is 1.89. The highest BCUT2D eigenvalue weighted by molar-refractivity contribution is 5.95. The Labute approximate surface area is 124 Å². The van der Waals surface area contributed by atoms with E-state index in [9.17, 15) is 14.7 Å². The van der Waals surface area contributed by atoms with Gasteiger partial charge in [-0.15, -0.1) is 0 Å². The van der Waals surface area contributed by atoms with Crippen molar-refractivity contribution in [1.29, 1.82) is 0 Å². The van der Waals surface area contributed by atoms with Crippen molar-refractivity contribution in [1.82, 2.24) is 4.90 Å². The normalized spacial score (nSPS) is 24.8. The number of amides is 2. The predicted octanol–water partition coefficient (Wildman–Crippen LogP) is 2.53. The number of anilines is 1. The molecule has 2 aliphatic rings. The minimum atomic E-state index is -0.815. The summed E-state index contributed by atoms with van der Waals surface area (Å²) in [6, 6.07) is 7.37. The second-order valence-electron chi connectivity index (χ2n) is 6.01. The quantitative estimate of drug-likeness (QED) is 0.863. The Kier molecular flexibility index (Phi) is 3.57. The van der Waals surface area contributed by atoms with E-state index in [1.165, 1.54) is 0 Å². The Bertz CT molecular complexity index is 572. The van der Waals surface area contributed by atoms with Crippen molar-refractivity contribution in [3.63, 3.8) is 0 Å². The molecule has 0 aromatic heterocycles. The minimum absolute atomic E-state index is 0.00985. The third-order valence-electron chi connectivity index (χ3n) is 4.47. The summed E-state index contributed by atoms with van der Waals surface area (Å²) in [5.41, 5.74) is 1.50. The summed E-state index contributed by atoms with van der Waals surface area (Å²) in [6.07, 6.45) is 1.51. The molecular weight excluding hydrogens is 268 g/mol. The topological polar surface area (TPSA) is 60.9 Å². The number of hydrogen-bond donors (Lipinski definition) is 1. The summed E-state index contributed by atoms with van der Waals surface area (Å²) < 4.78 is 0. The second-order valence-corrected chi connectivity index (χ2v) is 6.01. The fourth-order valence-electron chi connectivity index (χ4n) is 3.30. The van der Waals surface area contributed by atoms with E-state index in [4.69, 9.17) is 0 Å². The van der Waals surface area contributed by atoms with Gasteiger partial charge >= 0.3 is 12.0 Å². The van der Waals surface area contributed by atoms with Gasteiger partial charge in [-0.25, -0.2) is 4.79 Å². The molecule has 0 spiro atoms. The van der Waals surface area contributed by atoms with Gasteiger partial charge in [0.2, 0.25) is 0 Å². The van der Waals surface area contributed by atoms with Crippen LogP contribution >= 0.6 is 0 Å². The van der Waals surface area contributed by atoms with E-state index in [0.29, 0.717) is 18.9 Å². The summed E-state index contributed by atoms with van der Waals surface area (Å²) >= 11 is 0. The molecule has 0 aliphatic carbocycles. The van der Waals surface area contributed by atoms with Crippen LogP contribution in [-0.2, 0) is 4.79 Å². The maximum atomic E-state index is 12.7. The Morgan fingerprint density at radius 2 is 1.95 bits per heavy atom. The molecule has 1 fully saturated rings. The molecule has 2 aliphatic heterocycles. The molecule has 1 aromatic carbocycles. The molecule has 2 heterocycles. The van der Waals surface area contributed by atoms with Gasteiger partial charge in [0.05, 0.1) is 5.92 Å². The molecule has 3 rings (SSSR count). The first-order chi connectivity index (χ1) is 10.1. The first-order valence-electron chi connectivity index (χ1n) is 7.46. The number of likely N-dealkylation sites (tertiary alicyclic amines) is 1. The molecule has 0 radical (unpaired) electrons. The molecule has 1 aromatic rings. The lowest BCUT2D eigenvalue weighted by atomic mass is 9.90. The van der Waals surface area contributed by atoms with E-state index in [2.05, 4.69) is 6.92 Å². The van der Waals surface area contributed by atoms with Gasteiger partial charge in [-0.2, -0.15) is 0 Å². The molecule has 1 N–H and O–H groups in total. The molecule has 5 heteroatoms. The van der Waals surface area contributed by atoms with Crippen molar-refractivity contribution in [3.05, 3.63) is 29.8 Å². The molecule has 2 atom stereocenters. The highest BCUT2D eigenvalue weighted by atomic mass is 16.4. The van der Waals surface area contributed by atoms with Crippen LogP contribution in [0.5, 0.6) is 0 Å². The lowest BCUT2D eigenvalue weighted by Gasteiger charge is -2.35. The lowest BCUT2D eigenvalue weighted by molar-refractivity contribution is -0.139. The van der Waals surface area contributed by atoms with Gasteiger partial charge in [0.25, 0.3) is 0 Å². The molecule has 0 bridgehead atoms. The Morgan fingerprint density at radius 3 is 2.62 bits per heavy atom. The van der Waals surface area contributed by atoms with Crippen LogP contribution < -0.4 is 4.90 Å². The standard InChI is InChI=1S/C16H20N2O3/c1-11-6-8-17(10-11)16(21)18-9-7-13(15(19)20)12-4-2-3-5-14(12)18/h2-5,11,13H,6-10H2,1H3,(H,19,20). The summed E-state index contributed by atoms with van der Waals surface area (Å²) in [7, 11) is 0. The average molecular weight is 288 g/mol. The summed E-state index contributed by atoms with van der Waals surface area (Å²) in [4.78, 5) is 27.7. The van der Waals surface area contributed by atoms with Crippen LogP contribution in [0.1, 0.15) is 31.2 Å². The third kappa shape index (κ3) is 2.48. The predicted molar refractivity (Wildman–Crippen MR) is 79.5 cm³/mol. The second kappa shape index (κ2) is 5.39. The van der Waals surface area contributed by atoms with Crippen molar-refractivity contribution in [2.24, 2.45) is 5.92 Å². The summed E-state index contributed by atoms with van der Waals surface area (Å²) in [5.74, 6) is -0.784. The number of fused-ring (bicyclic) bond motifs is 1. The first kappa shape index (κ1) is 13.9.